The zero-order valence-corrected chi connectivity index (χ0v) is 18.8. The van der Waals surface area contributed by atoms with Gasteiger partial charge < -0.3 is 15.5 Å². The molecule has 0 fully saturated rings. The van der Waals surface area contributed by atoms with E-state index in [1.54, 1.807) is 10.3 Å². The van der Waals surface area contributed by atoms with Gasteiger partial charge in [-0.1, -0.05) is 43.7 Å². The van der Waals surface area contributed by atoms with Crippen LogP contribution in [0.15, 0.2) is 60.0 Å². The van der Waals surface area contributed by atoms with Crippen molar-refractivity contribution in [3.63, 3.8) is 0 Å². The molecule has 6 nitrogen and oxygen atoms in total. The number of nitrogens with one attached hydrogen (secondary N) is 2. The lowest BCUT2D eigenvalue weighted by molar-refractivity contribution is -0.116. The zero-order valence-electron chi connectivity index (χ0n) is 18.0. The number of rotatable bonds is 11. The molecule has 2 N–H and O–H groups in total. The molecule has 0 bridgehead atoms. The highest BCUT2D eigenvalue weighted by Gasteiger charge is 2.20. The van der Waals surface area contributed by atoms with Gasteiger partial charge in [0.25, 0.3) is 5.91 Å². The van der Waals surface area contributed by atoms with Crippen LogP contribution < -0.4 is 10.6 Å². The molecule has 0 saturated heterocycles. The summed E-state index contributed by atoms with van der Waals surface area (Å²) < 4.78 is 13.1. The molecular formula is C24H27FN4O2S. The fourth-order valence-electron chi connectivity index (χ4n) is 3.04. The predicted molar refractivity (Wildman–Crippen MR) is 126 cm³/mol. The van der Waals surface area contributed by atoms with Crippen LogP contribution in [0.25, 0.3) is 0 Å². The van der Waals surface area contributed by atoms with Gasteiger partial charge in [0.05, 0.1) is 0 Å². The first-order valence-corrected chi connectivity index (χ1v) is 11.5. The van der Waals surface area contributed by atoms with Crippen LogP contribution in [-0.2, 0) is 11.3 Å². The van der Waals surface area contributed by atoms with Crippen LogP contribution in [0.1, 0.15) is 42.2 Å². The van der Waals surface area contributed by atoms with Crippen LogP contribution in [0, 0.1) is 5.82 Å². The number of carbonyl (C=O) groups is 2. The van der Waals surface area contributed by atoms with Crippen molar-refractivity contribution in [2.24, 2.45) is 0 Å². The summed E-state index contributed by atoms with van der Waals surface area (Å²) in [5, 5.41) is 8.43. The maximum absolute atomic E-state index is 13.2. The van der Waals surface area contributed by atoms with E-state index in [4.69, 9.17) is 0 Å². The third-order valence-electron chi connectivity index (χ3n) is 4.77. The smallest absolute Gasteiger partial charge is 0.273 e. The Morgan fingerprint density at radius 2 is 1.84 bits per heavy atom. The molecule has 0 spiro atoms. The predicted octanol–water partition coefficient (Wildman–Crippen LogP) is 5.17. The van der Waals surface area contributed by atoms with Crippen LogP contribution in [0.4, 0.5) is 15.2 Å². The second-order valence-electron chi connectivity index (χ2n) is 7.34. The summed E-state index contributed by atoms with van der Waals surface area (Å²) in [6, 6.07) is 15.2. The number of hydrogen-bond acceptors (Lipinski definition) is 5. The topological polar surface area (TPSA) is 74.3 Å². The molecule has 0 aliphatic heterocycles. The first-order chi connectivity index (χ1) is 15.5. The minimum atomic E-state index is -0.366. The summed E-state index contributed by atoms with van der Waals surface area (Å²) >= 11 is 1.40. The molecule has 1 heterocycles. The first-order valence-electron chi connectivity index (χ1n) is 10.6. The standard InChI is InChI=1S/C24H27FN4O2S/c1-2-3-14-26-24-28-21(17-32-24)23(31)29(16-18-7-5-4-6-8-18)15-13-22(30)27-20-11-9-19(25)10-12-20/h4-12,17H,2-3,13-16H2,1H3,(H,26,28)(H,27,30). The monoisotopic (exact) mass is 454 g/mol. The number of anilines is 2. The molecule has 2 amide bonds. The van der Waals surface area contributed by atoms with Crippen LogP contribution in [0.2, 0.25) is 0 Å². The Balaban J connectivity index is 1.65. The Morgan fingerprint density at radius 1 is 1.09 bits per heavy atom. The Bertz CT molecular complexity index is 1010. The molecule has 0 aliphatic carbocycles. The van der Waals surface area contributed by atoms with Gasteiger partial charge in [0.2, 0.25) is 5.91 Å². The zero-order chi connectivity index (χ0) is 22.8. The second kappa shape index (κ2) is 12.0. The molecule has 0 unspecified atom stereocenters. The Labute approximate surface area is 191 Å². The van der Waals surface area contributed by atoms with Gasteiger partial charge in [-0.15, -0.1) is 11.3 Å². The Morgan fingerprint density at radius 3 is 2.56 bits per heavy atom. The number of nitrogens with zero attached hydrogens (tertiary/aromatic N) is 2. The van der Waals surface area contributed by atoms with Gasteiger partial charge in [-0.05, 0) is 36.2 Å². The summed E-state index contributed by atoms with van der Waals surface area (Å²) in [6.45, 7) is 3.54. The molecule has 3 rings (SSSR count). The highest BCUT2D eigenvalue weighted by molar-refractivity contribution is 7.13. The molecule has 1 aromatic heterocycles. The van der Waals surface area contributed by atoms with Crippen molar-refractivity contribution in [1.29, 1.82) is 0 Å². The maximum atomic E-state index is 13.2. The summed E-state index contributed by atoms with van der Waals surface area (Å²) in [6.07, 6.45) is 2.23. The van der Waals surface area contributed by atoms with E-state index < -0.39 is 0 Å². The van der Waals surface area contributed by atoms with E-state index in [-0.39, 0.29) is 30.6 Å². The molecule has 0 radical (unpaired) electrons. The van der Waals surface area contributed by atoms with Gasteiger partial charge in [-0.25, -0.2) is 9.37 Å². The van der Waals surface area contributed by atoms with Crippen molar-refractivity contribution in [3.8, 4) is 0 Å². The molecule has 168 valence electrons. The van der Waals surface area contributed by atoms with E-state index in [1.165, 1.54) is 35.6 Å². The summed E-state index contributed by atoms with van der Waals surface area (Å²) in [5.74, 6) is -0.833. The lowest BCUT2D eigenvalue weighted by Crippen LogP contribution is -2.33. The van der Waals surface area contributed by atoms with Gasteiger partial charge >= 0.3 is 0 Å². The highest BCUT2D eigenvalue weighted by atomic mass is 32.1. The fraction of sp³-hybridized carbons (Fsp3) is 0.292. The number of carbonyl (C=O) groups excluding carboxylic acids is 2. The highest BCUT2D eigenvalue weighted by Crippen LogP contribution is 2.18. The van der Waals surface area contributed by atoms with Crippen LogP contribution >= 0.6 is 11.3 Å². The van der Waals surface area contributed by atoms with Crippen molar-refractivity contribution in [3.05, 3.63) is 77.1 Å². The molecule has 0 saturated carbocycles. The molecule has 0 atom stereocenters. The molecule has 3 aromatic rings. The van der Waals surface area contributed by atoms with E-state index in [0.29, 0.717) is 17.9 Å². The minimum absolute atomic E-state index is 0.113. The number of aromatic nitrogens is 1. The lowest BCUT2D eigenvalue weighted by Gasteiger charge is -2.22. The summed E-state index contributed by atoms with van der Waals surface area (Å²) in [5.41, 5.74) is 1.85. The summed E-state index contributed by atoms with van der Waals surface area (Å²) in [4.78, 5) is 31.6. The van der Waals surface area contributed by atoms with E-state index in [0.717, 1.165) is 30.1 Å². The lowest BCUT2D eigenvalue weighted by atomic mass is 10.2. The number of benzene rings is 2. The number of amides is 2. The largest absolute Gasteiger partial charge is 0.362 e. The second-order valence-corrected chi connectivity index (χ2v) is 8.19. The molecular weight excluding hydrogens is 427 g/mol. The van der Waals surface area contributed by atoms with E-state index in [1.807, 2.05) is 30.3 Å². The van der Waals surface area contributed by atoms with Crippen molar-refractivity contribution < 1.29 is 14.0 Å². The minimum Gasteiger partial charge on any atom is -0.362 e. The summed E-state index contributed by atoms with van der Waals surface area (Å²) in [7, 11) is 0. The van der Waals surface area contributed by atoms with E-state index in [2.05, 4.69) is 22.5 Å². The van der Waals surface area contributed by atoms with Gasteiger partial charge in [-0.3, -0.25) is 9.59 Å². The normalized spacial score (nSPS) is 10.6. The fourth-order valence-corrected chi connectivity index (χ4v) is 3.75. The SMILES string of the molecule is CCCCNc1nc(C(=O)N(CCC(=O)Nc2ccc(F)cc2)Cc2ccccc2)cs1. The van der Waals surface area contributed by atoms with E-state index >= 15 is 0 Å². The van der Waals surface area contributed by atoms with Crippen molar-refractivity contribution >= 4 is 34.0 Å². The number of hydrogen-bond donors (Lipinski definition) is 2. The molecule has 32 heavy (non-hydrogen) atoms. The van der Waals surface area contributed by atoms with Crippen LogP contribution in [0.3, 0.4) is 0 Å². The van der Waals surface area contributed by atoms with Gasteiger partial charge in [-0.2, -0.15) is 0 Å². The first kappa shape index (κ1) is 23.4. The third kappa shape index (κ3) is 7.16. The number of thiazole rings is 1. The van der Waals surface area contributed by atoms with Crippen molar-refractivity contribution in [2.45, 2.75) is 32.7 Å². The van der Waals surface area contributed by atoms with E-state index in [9.17, 15) is 14.0 Å². The molecule has 0 aliphatic rings. The van der Waals surface area contributed by atoms with Gasteiger partial charge in [0, 0.05) is 37.1 Å². The third-order valence-corrected chi connectivity index (χ3v) is 5.57. The average molecular weight is 455 g/mol. The average Bonchev–Trinajstić information content (AvgIpc) is 3.27. The molecule has 8 heteroatoms. The van der Waals surface area contributed by atoms with Gasteiger partial charge in [0.1, 0.15) is 11.5 Å². The maximum Gasteiger partial charge on any atom is 0.273 e. The quantitative estimate of drug-likeness (QED) is 0.392. The van der Waals surface area contributed by atoms with Crippen LogP contribution in [0.5, 0.6) is 0 Å². The van der Waals surface area contributed by atoms with Crippen molar-refractivity contribution in [2.75, 3.05) is 23.7 Å². The van der Waals surface area contributed by atoms with Gasteiger partial charge in [0.15, 0.2) is 5.13 Å². The van der Waals surface area contributed by atoms with Crippen molar-refractivity contribution in [1.82, 2.24) is 9.88 Å². The molecule has 2 aromatic carbocycles. The van der Waals surface area contributed by atoms with Crippen LogP contribution in [-0.4, -0.2) is 34.8 Å². The number of unbranched alkanes of at least 4 members (excludes halogenated alkanes) is 1. The Hall–Kier alpha value is -3.26. The number of halogens is 1. The Kier molecular flexibility index (Phi) is 8.74.